The minimum absolute atomic E-state index is 0.0233. The molecule has 0 radical (unpaired) electrons. The van der Waals surface area contributed by atoms with E-state index in [2.05, 4.69) is 5.32 Å². The third-order valence-electron chi connectivity index (χ3n) is 4.52. The van der Waals surface area contributed by atoms with Gasteiger partial charge in [-0.3, -0.25) is 4.79 Å². The Morgan fingerprint density at radius 1 is 1.11 bits per heavy atom. The molecule has 1 aliphatic rings. The molecule has 0 unspecified atom stereocenters. The van der Waals surface area contributed by atoms with E-state index in [1.807, 2.05) is 0 Å². The fourth-order valence-corrected chi connectivity index (χ4v) is 3.09. The molecule has 1 aromatic carbocycles. The van der Waals surface area contributed by atoms with Gasteiger partial charge >= 0.3 is 6.09 Å². The highest BCUT2D eigenvalue weighted by atomic mass is 16.6. The van der Waals surface area contributed by atoms with Gasteiger partial charge in [-0.2, -0.15) is 0 Å². The van der Waals surface area contributed by atoms with Gasteiger partial charge in [0.1, 0.15) is 0 Å². The van der Waals surface area contributed by atoms with Crippen molar-refractivity contribution in [1.82, 2.24) is 10.2 Å². The first-order valence-electron chi connectivity index (χ1n) is 9.23. The number of nitrogens with one attached hydrogen (secondary N) is 1. The fourth-order valence-electron chi connectivity index (χ4n) is 3.09. The smallest absolute Gasteiger partial charge is 0.409 e. The maximum absolute atomic E-state index is 12.3. The minimum Gasteiger partial charge on any atom is -0.493 e. The molecule has 0 aliphatic carbocycles. The Hall–Kier alpha value is -2.90. The Balaban J connectivity index is 1.95. The van der Waals surface area contributed by atoms with E-state index in [4.69, 9.17) is 18.9 Å². The van der Waals surface area contributed by atoms with Crippen LogP contribution in [0.25, 0.3) is 6.08 Å². The van der Waals surface area contributed by atoms with E-state index in [9.17, 15) is 9.59 Å². The van der Waals surface area contributed by atoms with Crippen LogP contribution in [-0.4, -0.2) is 64.0 Å². The van der Waals surface area contributed by atoms with Crippen molar-refractivity contribution in [3.8, 4) is 17.2 Å². The molecule has 8 heteroatoms. The molecule has 0 aromatic heterocycles. The predicted octanol–water partition coefficient (Wildman–Crippen LogP) is 2.46. The quantitative estimate of drug-likeness (QED) is 0.718. The van der Waals surface area contributed by atoms with Crippen LogP contribution in [0.5, 0.6) is 17.2 Å². The van der Waals surface area contributed by atoms with Gasteiger partial charge in [-0.25, -0.2) is 4.79 Å². The lowest BCUT2D eigenvalue weighted by atomic mass is 10.1. The van der Waals surface area contributed by atoms with Gasteiger partial charge in [-0.1, -0.05) is 0 Å². The fraction of sp³-hybridized carbons (Fsp3) is 0.500. The summed E-state index contributed by atoms with van der Waals surface area (Å²) in [6.45, 7) is 3.28. The van der Waals surface area contributed by atoms with Gasteiger partial charge in [-0.15, -0.1) is 0 Å². The number of hydrogen-bond acceptors (Lipinski definition) is 6. The van der Waals surface area contributed by atoms with E-state index in [0.29, 0.717) is 55.4 Å². The Labute approximate surface area is 165 Å². The highest BCUT2D eigenvalue weighted by molar-refractivity contribution is 5.92. The second-order valence-corrected chi connectivity index (χ2v) is 6.23. The van der Waals surface area contributed by atoms with Crippen LogP contribution in [0, 0.1) is 0 Å². The van der Waals surface area contributed by atoms with Crippen molar-refractivity contribution in [2.75, 3.05) is 41.0 Å². The Kier molecular flexibility index (Phi) is 7.98. The number of likely N-dealkylation sites (tertiary alicyclic amines) is 1. The van der Waals surface area contributed by atoms with Gasteiger partial charge in [-0.05, 0) is 38.0 Å². The molecule has 1 saturated heterocycles. The molecule has 8 nitrogen and oxygen atoms in total. The standard InChI is InChI=1S/C20H28N2O6/c1-5-28-20(24)22-12-10-15(11-13-22)21-17(23)9-7-14-6-8-16(25-2)19(27-4)18(14)26-3/h6-9,15H,5,10-13H2,1-4H3,(H,21,23). The first-order chi connectivity index (χ1) is 13.5. The number of benzene rings is 1. The van der Waals surface area contributed by atoms with Crippen molar-refractivity contribution in [1.29, 1.82) is 0 Å². The van der Waals surface area contributed by atoms with E-state index in [1.165, 1.54) is 20.3 Å². The second kappa shape index (κ2) is 10.4. The Morgan fingerprint density at radius 2 is 1.79 bits per heavy atom. The van der Waals surface area contributed by atoms with Crippen LogP contribution >= 0.6 is 0 Å². The van der Waals surface area contributed by atoms with Gasteiger partial charge in [0.05, 0.1) is 27.9 Å². The van der Waals surface area contributed by atoms with E-state index >= 15 is 0 Å². The highest BCUT2D eigenvalue weighted by Crippen LogP contribution is 2.40. The molecule has 0 saturated carbocycles. The lowest BCUT2D eigenvalue weighted by molar-refractivity contribution is -0.117. The maximum atomic E-state index is 12.3. The predicted molar refractivity (Wildman–Crippen MR) is 105 cm³/mol. The van der Waals surface area contributed by atoms with Crippen LogP contribution in [0.2, 0.25) is 0 Å². The topological polar surface area (TPSA) is 86.3 Å². The molecule has 1 fully saturated rings. The number of amides is 2. The molecule has 1 N–H and O–H groups in total. The van der Waals surface area contributed by atoms with E-state index in [1.54, 1.807) is 37.1 Å². The van der Waals surface area contributed by atoms with Crippen LogP contribution in [0.1, 0.15) is 25.3 Å². The lowest BCUT2D eigenvalue weighted by Crippen LogP contribution is -2.46. The van der Waals surface area contributed by atoms with E-state index < -0.39 is 0 Å². The highest BCUT2D eigenvalue weighted by Gasteiger charge is 2.24. The van der Waals surface area contributed by atoms with Crippen LogP contribution in [0.4, 0.5) is 4.79 Å². The zero-order valence-electron chi connectivity index (χ0n) is 16.8. The lowest BCUT2D eigenvalue weighted by Gasteiger charge is -2.31. The summed E-state index contributed by atoms with van der Waals surface area (Å²) in [5.74, 6) is 1.31. The van der Waals surface area contributed by atoms with Crippen LogP contribution < -0.4 is 19.5 Å². The summed E-state index contributed by atoms with van der Waals surface area (Å²) >= 11 is 0. The van der Waals surface area contributed by atoms with Crippen molar-refractivity contribution >= 4 is 18.1 Å². The summed E-state index contributed by atoms with van der Waals surface area (Å²) in [6.07, 6.45) is 4.22. The number of carbonyl (C=O) groups is 2. The van der Waals surface area contributed by atoms with Crippen LogP contribution in [-0.2, 0) is 9.53 Å². The monoisotopic (exact) mass is 392 g/mol. The SMILES string of the molecule is CCOC(=O)N1CCC(NC(=O)C=Cc2ccc(OC)c(OC)c2OC)CC1. The molecule has 1 aromatic rings. The number of rotatable bonds is 7. The molecular weight excluding hydrogens is 364 g/mol. The molecule has 0 bridgehead atoms. The van der Waals surface area contributed by atoms with Crippen LogP contribution in [0.3, 0.4) is 0 Å². The molecular formula is C20H28N2O6. The number of ether oxygens (including phenoxy) is 4. The summed E-state index contributed by atoms with van der Waals surface area (Å²) in [7, 11) is 4.61. The van der Waals surface area contributed by atoms with Crippen molar-refractivity contribution in [2.24, 2.45) is 0 Å². The van der Waals surface area contributed by atoms with E-state index in [0.717, 1.165) is 0 Å². The summed E-state index contributed by atoms with van der Waals surface area (Å²) in [5, 5.41) is 2.97. The molecule has 1 heterocycles. The first kappa shape index (κ1) is 21.4. The average molecular weight is 392 g/mol. The van der Waals surface area contributed by atoms with Crippen LogP contribution in [0.15, 0.2) is 18.2 Å². The first-order valence-corrected chi connectivity index (χ1v) is 9.23. The van der Waals surface area contributed by atoms with Crippen molar-refractivity contribution in [3.63, 3.8) is 0 Å². The summed E-state index contributed by atoms with van der Waals surface area (Å²) in [5.41, 5.74) is 0.701. The Morgan fingerprint density at radius 3 is 2.36 bits per heavy atom. The number of carbonyl (C=O) groups excluding carboxylic acids is 2. The number of piperidine rings is 1. The van der Waals surface area contributed by atoms with Crippen molar-refractivity contribution in [3.05, 3.63) is 23.8 Å². The normalized spacial score (nSPS) is 14.6. The third kappa shape index (κ3) is 5.31. The van der Waals surface area contributed by atoms with Crippen molar-refractivity contribution < 1.29 is 28.5 Å². The molecule has 0 atom stereocenters. The molecule has 28 heavy (non-hydrogen) atoms. The summed E-state index contributed by atoms with van der Waals surface area (Å²) in [6, 6.07) is 3.57. The second-order valence-electron chi connectivity index (χ2n) is 6.23. The van der Waals surface area contributed by atoms with Gasteiger partial charge in [0.2, 0.25) is 11.7 Å². The molecule has 2 amide bonds. The number of hydrogen-bond donors (Lipinski definition) is 1. The molecule has 0 spiro atoms. The van der Waals surface area contributed by atoms with Gasteiger partial charge in [0.25, 0.3) is 0 Å². The van der Waals surface area contributed by atoms with Crippen molar-refractivity contribution in [2.45, 2.75) is 25.8 Å². The van der Waals surface area contributed by atoms with Gasteiger partial charge < -0.3 is 29.2 Å². The number of methoxy groups -OCH3 is 3. The maximum Gasteiger partial charge on any atom is 0.409 e. The largest absolute Gasteiger partial charge is 0.493 e. The molecule has 2 rings (SSSR count). The molecule has 154 valence electrons. The zero-order chi connectivity index (χ0) is 20.5. The van der Waals surface area contributed by atoms with E-state index in [-0.39, 0.29) is 18.0 Å². The molecule has 1 aliphatic heterocycles. The third-order valence-corrected chi connectivity index (χ3v) is 4.52. The average Bonchev–Trinajstić information content (AvgIpc) is 2.71. The van der Waals surface area contributed by atoms with Gasteiger partial charge in [0.15, 0.2) is 11.5 Å². The summed E-state index contributed by atoms with van der Waals surface area (Å²) in [4.78, 5) is 25.7. The number of nitrogens with zero attached hydrogens (tertiary/aromatic N) is 1. The van der Waals surface area contributed by atoms with Gasteiger partial charge in [0, 0.05) is 30.8 Å². The summed E-state index contributed by atoms with van der Waals surface area (Å²) < 4.78 is 21.0. The zero-order valence-corrected chi connectivity index (χ0v) is 16.8. The minimum atomic E-state index is -0.298. The Bertz CT molecular complexity index is 711.